The topological polar surface area (TPSA) is 48.6 Å². The second-order valence-corrected chi connectivity index (χ2v) is 8.51. The zero-order valence-electron chi connectivity index (χ0n) is 18.8. The summed E-state index contributed by atoms with van der Waals surface area (Å²) in [5.74, 6) is 0.884. The molecule has 166 valence electrons. The van der Waals surface area contributed by atoms with Gasteiger partial charge in [-0.15, -0.1) is 12.4 Å². The summed E-state index contributed by atoms with van der Waals surface area (Å²) >= 11 is 0. The van der Waals surface area contributed by atoms with Crippen LogP contribution in [-0.2, 0) is 6.54 Å². The zero-order valence-corrected chi connectivity index (χ0v) is 19.6. The standard InChI is InChI=1S/C25H31N3O2.ClH/c1-17-13-18(2)21-15-23(26-22(21)14-17)25(29)28(20-9-11-27(3)12-10-20)16-19-7-5-6-8-24(19)30-4;/h5-8,13-15,20,26H,9-12,16H2,1-4H3;1H. The third kappa shape index (κ3) is 4.89. The van der Waals surface area contributed by atoms with E-state index in [4.69, 9.17) is 4.74 Å². The molecule has 0 atom stereocenters. The first-order valence-electron chi connectivity index (χ1n) is 10.7. The lowest BCUT2D eigenvalue weighted by Gasteiger charge is -2.37. The number of ether oxygens (including phenoxy) is 1. The van der Waals surface area contributed by atoms with Gasteiger partial charge < -0.3 is 19.5 Å². The maximum atomic E-state index is 13.7. The number of carbonyl (C=O) groups excluding carboxylic acids is 1. The molecule has 0 radical (unpaired) electrons. The number of nitrogens with one attached hydrogen (secondary N) is 1. The van der Waals surface area contributed by atoms with Crippen LogP contribution in [0.15, 0.2) is 42.5 Å². The SMILES string of the molecule is COc1ccccc1CN(C(=O)c1cc2c(C)cc(C)cc2[nH]1)C1CCN(C)CC1.Cl. The number of aromatic amines is 1. The van der Waals surface area contributed by atoms with E-state index in [0.29, 0.717) is 12.2 Å². The fourth-order valence-corrected chi connectivity index (χ4v) is 4.56. The van der Waals surface area contributed by atoms with E-state index in [2.05, 4.69) is 42.9 Å². The summed E-state index contributed by atoms with van der Waals surface area (Å²) in [6.07, 6.45) is 1.96. The Morgan fingerprint density at radius 2 is 1.87 bits per heavy atom. The maximum Gasteiger partial charge on any atom is 0.270 e. The van der Waals surface area contributed by atoms with Crippen LogP contribution < -0.4 is 4.74 Å². The van der Waals surface area contributed by atoms with Crippen LogP contribution in [-0.4, -0.2) is 54.0 Å². The number of methoxy groups -OCH3 is 1. The second kappa shape index (κ2) is 9.75. The summed E-state index contributed by atoms with van der Waals surface area (Å²) in [5.41, 5.74) is 5.11. The van der Waals surface area contributed by atoms with Crippen LogP contribution in [0.2, 0.25) is 0 Å². The molecule has 1 saturated heterocycles. The van der Waals surface area contributed by atoms with Crippen molar-refractivity contribution in [1.82, 2.24) is 14.8 Å². The van der Waals surface area contributed by atoms with Crippen molar-refractivity contribution < 1.29 is 9.53 Å². The Bertz CT molecular complexity index is 1050. The van der Waals surface area contributed by atoms with Gasteiger partial charge in [-0.05, 0) is 76.2 Å². The molecule has 1 N–H and O–H groups in total. The highest BCUT2D eigenvalue weighted by Crippen LogP contribution is 2.27. The largest absolute Gasteiger partial charge is 0.496 e. The molecule has 1 aliphatic rings. The minimum atomic E-state index is 0. The van der Waals surface area contributed by atoms with E-state index >= 15 is 0 Å². The van der Waals surface area contributed by atoms with E-state index in [9.17, 15) is 4.79 Å². The number of H-pyrrole nitrogens is 1. The molecule has 0 aliphatic carbocycles. The normalized spacial score (nSPS) is 15.0. The number of hydrogen-bond donors (Lipinski definition) is 1. The van der Waals surface area contributed by atoms with Gasteiger partial charge in [0.15, 0.2) is 0 Å². The van der Waals surface area contributed by atoms with Crippen molar-refractivity contribution in [2.45, 2.75) is 39.3 Å². The number of piperidine rings is 1. The molecule has 1 fully saturated rings. The fourth-order valence-electron chi connectivity index (χ4n) is 4.56. The molecule has 3 aromatic rings. The molecule has 0 unspecified atom stereocenters. The minimum absolute atomic E-state index is 0. The second-order valence-electron chi connectivity index (χ2n) is 8.51. The average molecular weight is 442 g/mol. The third-order valence-corrected chi connectivity index (χ3v) is 6.24. The number of fused-ring (bicyclic) bond motifs is 1. The van der Waals surface area contributed by atoms with Gasteiger partial charge in [0.05, 0.1) is 7.11 Å². The summed E-state index contributed by atoms with van der Waals surface area (Å²) in [5, 5.41) is 1.12. The smallest absolute Gasteiger partial charge is 0.270 e. The van der Waals surface area contributed by atoms with Gasteiger partial charge in [0, 0.05) is 29.1 Å². The van der Waals surface area contributed by atoms with Gasteiger partial charge in [0.25, 0.3) is 5.91 Å². The van der Waals surface area contributed by atoms with E-state index in [0.717, 1.165) is 48.1 Å². The van der Waals surface area contributed by atoms with Gasteiger partial charge in [0.1, 0.15) is 11.4 Å². The van der Waals surface area contributed by atoms with Crippen LogP contribution in [0, 0.1) is 13.8 Å². The van der Waals surface area contributed by atoms with Gasteiger partial charge in [-0.2, -0.15) is 0 Å². The number of nitrogens with zero attached hydrogens (tertiary/aromatic N) is 2. The molecule has 1 amide bonds. The van der Waals surface area contributed by atoms with Crippen LogP contribution >= 0.6 is 12.4 Å². The molecule has 6 heteroatoms. The van der Waals surface area contributed by atoms with E-state index in [1.165, 1.54) is 11.1 Å². The molecule has 4 rings (SSSR count). The molecular weight excluding hydrogens is 410 g/mol. The van der Waals surface area contributed by atoms with Gasteiger partial charge in [-0.25, -0.2) is 0 Å². The van der Waals surface area contributed by atoms with E-state index in [1.54, 1.807) is 7.11 Å². The Morgan fingerprint density at radius 3 is 2.58 bits per heavy atom. The van der Waals surface area contributed by atoms with Crippen LogP contribution in [0.1, 0.15) is 40.0 Å². The summed E-state index contributed by atoms with van der Waals surface area (Å²) in [4.78, 5) is 21.5. The number of amides is 1. The number of aromatic nitrogens is 1. The molecule has 1 aliphatic heterocycles. The number of hydrogen-bond acceptors (Lipinski definition) is 3. The van der Waals surface area contributed by atoms with Gasteiger partial charge in [-0.3, -0.25) is 4.79 Å². The minimum Gasteiger partial charge on any atom is -0.496 e. The van der Waals surface area contributed by atoms with Crippen molar-refractivity contribution in [3.05, 3.63) is 64.8 Å². The molecule has 31 heavy (non-hydrogen) atoms. The quantitative estimate of drug-likeness (QED) is 0.609. The first-order valence-corrected chi connectivity index (χ1v) is 10.7. The van der Waals surface area contributed by atoms with Crippen LogP contribution in [0.3, 0.4) is 0 Å². The molecule has 2 heterocycles. The molecule has 1 aromatic heterocycles. The number of para-hydroxylation sites is 1. The predicted molar refractivity (Wildman–Crippen MR) is 128 cm³/mol. The Hall–Kier alpha value is -2.50. The van der Waals surface area contributed by atoms with Crippen LogP contribution in [0.25, 0.3) is 10.9 Å². The van der Waals surface area contributed by atoms with Gasteiger partial charge in [-0.1, -0.05) is 24.3 Å². The average Bonchev–Trinajstić information content (AvgIpc) is 3.17. The zero-order chi connectivity index (χ0) is 21.3. The third-order valence-electron chi connectivity index (χ3n) is 6.24. The van der Waals surface area contributed by atoms with Crippen LogP contribution in [0.5, 0.6) is 5.75 Å². The lowest BCUT2D eigenvalue weighted by atomic mass is 10.0. The number of halogens is 1. The fraction of sp³-hybridized carbons (Fsp3) is 0.400. The van der Waals surface area contributed by atoms with E-state index < -0.39 is 0 Å². The molecule has 5 nitrogen and oxygen atoms in total. The Balaban J connectivity index is 0.00000272. The highest BCUT2D eigenvalue weighted by molar-refractivity contribution is 5.99. The Labute approximate surface area is 190 Å². The monoisotopic (exact) mass is 441 g/mol. The number of carbonyl (C=O) groups is 1. The number of aryl methyl sites for hydroxylation is 2. The number of benzene rings is 2. The highest BCUT2D eigenvalue weighted by atomic mass is 35.5. The first kappa shape index (κ1) is 23.2. The lowest BCUT2D eigenvalue weighted by molar-refractivity contribution is 0.0563. The van der Waals surface area contributed by atoms with Crippen molar-refractivity contribution in [3.8, 4) is 5.75 Å². The molecule has 0 saturated carbocycles. The molecule has 2 aromatic carbocycles. The number of likely N-dealkylation sites (tertiary alicyclic amines) is 1. The summed E-state index contributed by atoms with van der Waals surface area (Å²) in [7, 11) is 3.83. The van der Waals surface area contributed by atoms with Crippen molar-refractivity contribution >= 4 is 29.2 Å². The number of rotatable bonds is 5. The Kier molecular flexibility index (Phi) is 7.29. The van der Waals surface area contributed by atoms with Crippen molar-refractivity contribution in [1.29, 1.82) is 0 Å². The summed E-state index contributed by atoms with van der Waals surface area (Å²) in [6, 6.07) is 14.5. The van der Waals surface area contributed by atoms with Gasteiger partial charge in [0.2, 0.25) is 0 Å². The Morgan fingerprint density at radius 1 is 1.16 bits per heavy atom. The van der Waals surface area contributed by atoms with Crippen molar-refractivity contribution in [2.24, 2.45) is 0 Å². The van der Waals surface area contributed by atoms with E-state index in [1.807, 2.05) is 35.2 Å². The van der Waals surface area contributed by atoms with Gasteiger partial charge >= 0.3 is 0 Å². The highest BCUT2D eigenvalue weighted by Gasteiger charge is 2.29. The summed E-state index contributed by atoms with van der Waals surface area (Å²) in [6.45, 7) is 6.74. The molecule has 0 spiro atoms. The molecular formula is C25H32ClN3O2. The molecule has 0 bridgehead atoms. The summed E-state index contributed by atoms with van der Waals surface area (Å²) < 4.78 is 5.56. The maximum absolute atomic E-state index is 13.7. The van der Waals surface area contributed by atoms with Crippen molar-refractivity contribution in [2.75, 3.05) is 27.2 Å². The van der Waals surface area contributed by atoms with Crippen molar-refractivity contribution in [3.63, 3.8) is 0 Å². The van der Waals surface area contributed by atoms with E-state index in [-0.39, 0.29) is 24.4 Å². The lowest BCUT2D eigenvalue weighted by Crippen LogP contribution is -2.46. The predicted octanol–water partition coefficient (Wildman–Crippen LogP) is 4.95. The first-order chi connectivity index (χ1) is 14.5. The van der Waals surface area contributed by atoms with Crippen LogP contribution in [0.4, 0.5) is 0 Å².